The fourth-order valence-electron chi connectivity index (χ4n) is 10.1. The molecule has 4 nitrogen and oxygen atoms in total. The molecule has 0 radical (unpaired) electrons. The van der Waals surface area contributed by atoms with E-state index in [9.17, 15) is 15.0 Å². The predicted octanol–water partition coefficient (Wildman–Crippen LogP) is 24.3. The minimum Gasteiger partial charge on any atom is -0.394 e. The molecular weight excluding hydrogens is 999 g/mol. The number of aliphatic hydroxyl groups is 2. The molecule has 82 heavy (non-hydrogen) atoms. The number of nitrogens with one attached hydrogen (secondary N) is 1. The number of hydrogen-bond acceptors (Lipinski definition) is 3. The van der Waals surface area contributed by atoms with E-state index in [1.807, 2.05) is 6.08 Å². The Kier molecular flexibility index (Phi) is 68.3. The molecule has 0 spiro atoms. The molecule has 0 aliphatic rings. The third-order valence-corrected chi connectivity index (χ3v) is 15.3. The minimum atomic E-state index is -0.867. The Bertz CT molecular complexity index is 1670. The summed E-state index contributed by atoms with van der Waals surface area (Å²) in [4.78, 5) is 12.5. The van der Waals surface area contributed by atoms with Crippen LogP contribution in [-0.4, -0.2) is 34.9 Å². The summed E-state index contributed by atoms with van der Waals surface area (Å²) in [5.74, 6) is -0.0982. The van der Waals surface area contributed by atoms with Gasteiger partial charge in [-0.25, -0.2) is 0 Å². The summed E-state index contributed by atoms with van der Waals surface area (Å²) >= 11 is 0. The quantitative estimate of drug-likeness (QED) is 0.0420. The number of carbonyl (C=O) groups is 1. The topological polar surface area (TPSA) is 69.6 Å². The fourth-order valence-corrected chi connectivity index (χ4v) is 10.1. The highest BCUT2D eigenvalue weighted by atomic mass is 16.3. The van der Waals surface area contributed by atoms with Crippen molar-refractivity contribution in [3.8, 4) is 0 Å². The lowest BCUT2D eigenvalue weighted by molar-refractivity contribution is -0.123. The molecule has 0 aromatic rings. The molecule has 0 heterocycles. The molecule has 0 bridgehead atoms. The maximum atomic E-state index is 12.5. The number of rotatable bonds is 63. The molecule has 1 amide bonds. The van der Waals surface area contributed by atoms with Gasteiger partial charge < -0.3 is 15.5 Å². The van der Waals surface area contributed by atoms with E-state index >= 15 is 0 Å². The normalized spacial score (nSPS) is 13.7. The van der Waals surface area contributed by atoms with E-state index in [1.54, 1.807) is 6.08 Å². The van der Waals surface area contributed by atoms with Crippen LogP contribution >= 0.6 is 0 Å². The Hall–Kier alpha value is -3.73. The molecule has 0 aromatic carbocycles. The minimum absolute atomic E-state index is 0.0982. The van der Waals surface area contributed by atoms with Crippen LogP contribution < -0.4 is 5.32 Å². The SMILES string of the molecule is CC/C=C\C/C=C\C/C=C\C/C=C\C/C=C\C/C=C\C/C=C\C/C=C\C/C=C\C/C=C\C/C=C\CCCCCC(=O)NC(CO)C(O)/C=C/CCCCCCCCCCCCCCCCCCCCCCCCCCCCCCCCC. The van der Waals surface area contributed by atoms with Gasteiger partial charge in [-0.1, -0.05) is 359 Å². The van der Waals surface area contributed by atoms with Crippen LogP contribution in [0.1, 0.15) is 322 Å². The van der Waals surface area contributed by atoms with Gasteiger partial charge >= 0.3 is 0 Å². The molecule has 0 aliphatic heterocycles. The summed E-state index contributed by atoms with van der Waals surface area (Å²) in [6.45, 7) is 4.20. The number of allylic oxidation sites excluding steroid dienone is 23. The maximum absolute atomic E-state index is 12.5. The van der Waals surface area contributed by atoms with Crippen LogP contribution in [0.25, 0.3) is 0 Å². The third kappa shape index (κ3) is 67.1. The number of unbranched alkanes of at least 4 members (excludes halogenated alkanes) is 34. The molecule has 0 saturated carbocycles. The number of carbonyl (C=O) groups excluding carboxylic acids is 1. The second-order valence-electron chi connectivity index (χ2n) is 23.2. The first-order chi connectivity index (χ1) is 40.7. The summed E-state index contributed by atoms with van der Waals surface area (Å²) in [6.07, 6.45) is 112. The zero-order chi connectivity index (χ0) is 59.1. The van der Waals surface area contributed by atoms with Gasteiger partial charge in [0.2, 0.25) is 5.91 Å². The Labute approximate surface area is 510 Å². The van der Waals surface area contributed by atoms with Crippen molar-refractivity contribution in [1.82, 2.24) is 5.32 Å². The molecule has 0 saturated heterocycles. The average molecular weight is 1130 g/mol. The zero-order valence-corrected chi connectivity index (χ0v) is 54.0. The van der Waals surface area contributed by atoms with Crippen molar-refractivity contribution in [2.45, 2.75) is 334 Å². The van der Waals surface area contributed by atoms with Gasteiger partial charge in [-0.3, -0.25) is 4.79 Å². The summed E-state index contributed by atoms with van der Waals surface area (Å²) in [5.41, 5.74) is 0. The van der Waals surface area contributed by atoms with Crippen molar-refractivity contribution in [2.24, 2.45) is 0 Å². The largest absolute Gasteiger partial charge is 0.394 e. The molecule has 0 aromatic heterocycles. The smallest absolute Gasteiger partial charge is 0.220 e. The van der Waals surface area contributed by atoms with Crippen LogP contribution in [0.15, 0.2) is 146 Å². The van der Waals surface area contributed by atoms with E-state index in [0.29, 0.717) is 6.42 Å². The van der Waals surface area contributed by atoms with Crippen LogP contribution in [-0.2, 0) is 4.79 Å². The summed E-state index contributed by atoms with van der Waals surface area (Å²) in [6, 6.07) is -0.654. The Morgan fingerprint density at radius 2 is 0.537 bits per heavy atom. The molecule has 2 atom stereocenters. The van der Waals surface area contributed by atoms with Gasteiger partial charge in [-0.05, 0) is 103 Å². The van der Waals surface area contributed by atoms with Crippen LogP contribution in [0.4, 0.5) is 0 Å². The first-order valence-electron chi connectivity index (χ1n) is 35.0. The van der Waals surface area contributed by atoms with E-state index in [4.69, 9.17) is 0 Å². The van der Waals surface area contributed by atoms with Crippen LogP contribution in [0.2, 0.25) is 0 Å². The molecule has 2 unspecified atom stereocenters. The first-order valence-corrected chi connectivity index (χ1v) is 35.0. The van der Waals surface area contributed by atoms with Crippen molar-refractivity contribution in [1.29, 1.82) is 0 Å². The second kappa shape index (κ2) is 71.5. The average Bonchev–Trinajstić information content (AvgIpc) is 3.50. The molecule has 0 aliphatic carbocycles. The number of hydrogen-bond donors (Lipinski definition) is 3. The standard InChI is InChI=1S/C78H133NO3/c1-3-5-7-9-11-13-15-17-19-21-23-25-27-29-31-33-35-37-38-39-40-42-44-46-48-50-52-54-56-58-60-62-64-66-68-70-72-74-78(82)79-76(75-80)77(81)73-71-69-67-65-63-61-59-57-55-53-51-49-47-45-43-41-36-34-32-30-28-26-24-22-20-18-16-14-12-10-8-6-4-2/h5,7,11,13,17,19,23,25,29,31,35,37,39-40,44,46,50,52,56,58,62,64,71,73,76-77,80-81H,3-4,6,8-10,12,14-16,18,20-22,24,26-28,30,32-34,36,38,41-43,45,47-49,51,53-55,57,59-61,63,65-70,72,74-75H2,1-2H3,(H,79,82)/b7-5-,13-11-,19-17-,25-23-,31-29-,37-35-,40-39-,46-44-,52-50-,58-56-,64-62-,73-71+. The lowest BCUT2D eigenvalue weighted by Crippen LogP contribution is -2.45. The van der Waals surface area contributed by atoms with Crippen molar-refractivity contribution in [3.63, 3.8) is 0 Å². The number of aliphatic hydroxyl groups excluding tert-OH is 2. The van der Waals surface area contributed by atoms with E-state index in [1.165, 1.54) is 193 Å². The zero-order valence-electron chi connectivity index (χ0n) is 54.0. The Morgan fingerprint density at radius 3 is 0.805 bits per heavy atom. The molecule has 468 valence electrons. The van der Waals surface area contributed by atoms with E-state index in [2.05, 4.69) is 153 Å². The summed E-state index contributed by atoms with van der Waals surface area (Å²) < 4.78 is 0. The van der Waals surface area contributed by atoms with E-state index < -0.39 is 12.1 Å². The van der Waals surface area contributed by atoms with Crippen molar-refractivity contribution < 1.29 is 15.0 Å². The Balaban J connectivity index is 3.61. The highest BCUT2D eigenvalue weighted by Crippen LogP contribution is 2.18. The lowest BCUT2D eigenvalue weighted by Gasteiger charge is -2.19. The lowest BCUT2D eigenvalue weighted by atomic mass is 10.0. The maximum Gasteiger partial charge on any atom is 0.220 e. The highest BCUT2D eigenvalue weighted by Gasteiger charge is 2.18. The first kappa shape index (κ1) is 78.3. The molecule has 0 rings (SSSR count). The van der Waals surface area contributed by atoms with Gasteiger partial charge in [0, 0.05) is 6.42 Å². The highest BCUT2D eigenvalue weighted by molar-refractivity contribution is 5.76. The Morgan fingerprint density at radius 1 is 0.305 bits per heavy atom. The van der Waals surface area contributed by atoms with Crippen molar-refractivity contribution in [2.75, 3.05) is 6.61 Å². The predicted molar refractivity (Wildman–Crippen MR) is 368 cm³/mol. The van der Waals surface area contributed by atoms with Gasteiger partial charge in [0.15, 0.2) is 0 Å². The summed E-state index contributed by atoms with van der Waals surface area (Å²) in [7, 11) is 0. The van der Waals surface area contributed by atoms with E-state index in [-0.39, 0.29) is 12.5 Å². The van der Waals surface area contributed by atoms with Crippen molar-refractivity contribution >= 4 is 5.91 Å². The third-order valence-electron chi connectivity index (χ3n) is 15.3. The number of amides is 1. The monoisotopic (exact) mass is 1130 g/mol. The van der Waals surface area contributed by atoms with Crippen LogP contribution in [0.3, 0.4) is 0 Å². The van der Waals surface area contributed by atoms with Gasteiger partial charge in [0.1, 0.15) is 0 Å². The van der Waals surface area contributed by atoms with Crippen molar-refractivity contribution in [3.05, 3.63) is 146 Å². The van der Waals surface area contributed by atoms with E-state index in [0.717, 1.165) is 109 Å². The van der Waals surface area contributed by atoms with Crippen LogP contribution in [0, 0.1) is 0 Å². The molecule has 0 fully saturated rings. The molecule has 3 N–H and O–H groups in total. The van der Waals surface area contributed by atoms with Gasteiger partial charge in [0.25, 0.3) is 0 Å². The fraction of sp³-hybridized carbons (Fsp3) is 0.679. The summed E-state index contributed by atoms with van der Waals surface area (Å²) in [5, 5.41) is 23.3. The molecular formula is C78H133NO3. The molecule has 4 heteroatoms. The van der Waals surface area contributed by atoms with Gasteiger partial charge in [-0.2, -0.15) is 0 Å². The van der Waals surface area contributed by atoms with Crippen LogP contribution in [0.5, 0.6) is 0 Å². The van der Waals surface area contributed by atoms with Gasteiger partial charge in [-0.15, -0.1) is 0 Å². The van der Waals surface area contributed by atoms with Gasteiger partial charge in [0.05, 0.1) is 18.8 Å². The second-order valence-corrected chi connectivity index (χ2v) is 23.2.